The predicted molar refractivity (Wildman–Crippen MR) is 170 cm³/mol. The molecule has 2 aromatic carbocycles. The molecule has 2 aliphatic rings. The normalized spacial score (nSPS) is 20.4. The van der Waals surface area contributed by atoms with Crippen LogP contribution in [0, 0.1) is 11.3 Å². The van der Waals surface area contributed by atoms with Gasteiger partial charge >= 0.3 is 0 Å². The third-order valence-electron chi connectivity index (χ3n) is 8.87. The number of rotatable bonds is 16. The molecule has 0 spiro atoms. The fourth-order valence-electron chi connectivity index (χ4n) is 6.56. The maximum absolute atomic E-state index is 12.6. The molecule has 8 nitrogen and oxygen atoms in total. The Kier molecular flexibility index (Phi) is 12.7. The van der Waals surface area contributed by atoms with Crippen molar-refractivity contribution in [3.8, 4) is 5.75 Å². The van der Waals surface area contributed by atoms with Crippen LogP contribution in [0.2, 0.25) is 0 Å². The minimum Gasteiger partial charge on any atom is -0.490 e. The smallest absolute Gasteiger partial charge is 0.225 e. The maximum atomic E-state index is 12.6. The lowest BCUT2D eigenvalue weighted by Gasteiger charge is -2.39. The van der Waals surface area contributed by atoms with Crippen LogP contribution in [-0.2, 0) is 37.0 Å². The van der Waals surface area contributed by atoms with Crippen LogP contribution < -0.4 is 15.0 Å². The lowest BCUT2D eigenvalue weighted by atomic mass is 9.70. The minimum atomic E-state index is -0.401. The number of ether oxygens (including phenoxy) is 5. The second-order valence-electron chi connectivity index (χ2n) is 12.6. The number of benzene rings is 2. The van der Waals surface area contributed by atoms with Crippen molar-refractivity contribution < 1.29 is 28.5 Å². The molecule has 238 valence electrons. The van der Waals surface area contributed by atoms with Gasteiger partial charge in [0.1, 0.15) is 12.4 Å². The Morgan fingerprint density at radius 3 is 2.51 bits per heavy atom. The van der Waals surface area contributed by atoms with Crippen molar-refractivity contribution in [2.75, 3.05) is 65.7 Å². The first-order valence-corrected chi connectivity index (χ1v) is 15.8. The van der Waals surface area contributed by atoms with Gasteiger partial charge in [-0.05, 0) is 66.8 Å². The van der Waals surface area contributed by atoms with Crippen molar-refractivity contribution >= 4 is 11.6 Å². The van der Waals surface area contributed by atoms with E-state index in [1.54, 1.807) is 21.3 Å². The maximum Gasteiger partial charge on any atom is 0.225 e. The monoisotopic (exact) mass is 596 g/mol. The summed E-state index contributed by atoms with van der Waals surface area (Å²) in [5.74, 6) is 1.76. The van der Waals surface area contributed by atoms with E-state index in [1.807, 2.05) is 0 Å². The zero-order chi connectivity index (χ0) is 30.7. The van der Waals surface area contributed by atoms with E-state index in [0.717, 1.165) is 74.4 Å². The molecule has 43 heavy (non-hydrogen) atoms. The first-order valence-electron chi connectivity index (χ1n) is 15.8. The average molecular weight is 597 g/mol. The topological polar surface area (TPSA) is 78.5 Å². The quantitative estimate of drug-likeness (QED) is 0.249. The van der Waals surface area contributed by atoms with Gasteiger partial charge < -0.3 is 33.9 Å². The zero-order valence-corrected chi connectivity index (χ0v) is 26.9. The number of hydrogen-bond donors (Lipinski definition) is 1. The van der Waals surface area contributed by atoms with Crippen molar-refractivity contribution in [3.63, 3.8) is 0 Å². The fourth-order valence-corrected chi connectivity index (χ4v) is 6.56. The molecule has 8 heteroatoms. The van der Waals surface area contributed by atoms with Gasteiger partial charge in [0.25, 0.3) is 0 Å². The summed E-state index contributed by atoms with van der Waals surface area (Å²) in [6.45, 7) is 9.70. The van der Waals surface area contributed by atoms with E-state index >= 15 is 0 Å². The summed E-state index contributed by atoms with van der Waals surface area (Å²) in [5, 5.41) is 2.85. The molecular formula is C35H52N2O6. The summed E-state index contributed by atoms with van der Waals surface area (Å²) in [5.41, 5.74) is 4.34. The van der Waals surface area contributed by atoms with Crippen LogP contribution in [0.5, 0.6) is 5.75 Å². The number of carbonyl (C=O) groups is 1. The van der Waals surface area contributed by atoms with Crippen LogP contribution in [0.3, 0.4) is 0 Å². The van der Waals surface area contributed by atoms with Crippen molar-refractivity contribution in [3.05, 3.63) is 59.2 Å². The molecular weight excluding hydrogens is 544 g/mol. The van der Waals surface area contributed by atoms with E-state index < -0.39 is 5.41 Å². The second-order valence-corrected chi connectivity index (χ2v) is 12.6. The lowest BCUT2D eigenvalue weighted by Crippen LogP contribution is -2.38. The van der Waals surface area contributed by atoms with E-state index in [4.69, 9.17) is 23.7 Å². The highest BCUT2D eigenvalue weighted by Crippen LogP contribution is 2.43. The third kappa shape index (κ3) is 9.42. The van der Waals surface area contributed by atoms with E-state index in [9.17, 15) is 4.79 Å². The van der Waals surface area contributed by atoms with Crippen LogP contribution in [0.25, 0.3) is 0 Å². The third-order valence-corrected chi connectivity index (χ3v) is 8.87. The number of anilines is 1. The molecule has 0 saturated heterocycles. The summed E-state index contributed by atoms with van der Waals surface area (Å²) in [4.78, 5) is 15.0. The van der Waals surface area contributed by atoms with Gasteiger partial charge in [0.15, 0.2) is 0 Å². The molecule has 0 unspecified atom stereocenters. The van der Waals surface area contributed by atoms with Crippen LogP contribution in [0.15, 0.2) is 42.5 Å². The Morgan fingerprint density at radius 1 is 1.00 bits per heavy atom. The Morgan fingerprint density at radius 2 is 1.77 bits per heavy atom. The Bertz CT molecular complexity index is 1140. The standard InChI is InChI=1S/C35H52N2O6/c1-35(2,34(38)36-3)23-27-9-13-32(30(21-27)29-11-7-26(8-12-29)24-41-20-19-40-5)43-25-28-10-14-33-31(22-28)37(16-18-42-33)15-6-17-39-4/h7-8,10-12,14,22,27,30,32H,6,9,13,15-21,23-25H2,1-5H3,(H,36,38)/t27-,30+,32-/m0/s1. The largest absolute Gasteiger partial charge is 0.490 e. The molecule has 1 heterocycles. The van der Waals surface area contributed by atoms with Crippen LogP contribution >= 0.6 is 0 Å². The number of fused-ring (bicyclic) bond motifs is 1. The van der Waals surface area contributed by atoms with Crippen molar-refractivity contribution in [2.45, 2.75) is 71.2 Å². The van der Waals surface area contributed by atoms with Gasteiger partial charge in [-0.1, -0.05) is 44.2 Å². The molecule has 1 aliphatic carbocycles. The van der Waals surface area contributed by atoms with Gasteiger partial charge in [-0.3, -0.25) is 4.79 Å². The molecule has 0 radical (unpaired) electrons. The fraction of sp³-hybridized carbons (Fsp3) is 0.629. The first-order chi connectivity index (χ1) is 20.8. The van der Waals surface area contributed by atoms with Crippen molar-refractivity contribution in [1.29, 1.82) is 0 Å². The molecule has 1 aliphatic heterocycles. The summed E-state index contributed by atoms with van der Waals surface area (Å²) in [6, 6.07) is 15.2. The van der Waals surface area contributed by atoms with Crippen LogP contribution in [0.4, 0.5) is 5.69 Å². The van der Waals surface area contributed by atoms with Gasteiger partial charge in [0.05, 0.1) is 44.8 Å². The van der Waals surface area contributed by atoms with Gasteiger partial charge in [-0.2, -0.15) is 0 Å². The van der Waals surface area contributed by atoms with E-state index in [0.29, 0.717) is 39.0 Å². The van der Waals surface area contributed by atoms with Gasteiger partial charge in [-0.15, -0.1) is 0 Å². The van der Waals surface area contributed by atoms with Gasteiger partial charge in [0, 0.05) is 45.8 Å². The Balaban J connectivity index is 1.46. The number of nitrogens with zero attached hydrogens (tertiary/aromatic N) is 1. The molecule has 4 rings (SSSR count). The van der Waals surface area contributed by atoms with E-state index in [1.165, 1.54) is 5.56 Å². The van der Waals surface area contributed by atoms with Gasteiger partial charge in [-0.25, -0.2) is 0 Å². The highest BCUT2D eigenvalue weighted by molar-refractivity contribution is 5.81. The molecule has 2 aromatic rings. The number of carbonyl (C=O) groups excluding carboxylic acids is 1. The molecule has 0 bridgehead atoms. The van der Waals surface area contributed by atoms with E-state index in [2.05, 4.69) is 66.5 Å². The highest BCUT2D eigenvalue weighted by Gasteiger charge is 2.37. The molecule has 0 aromatic heterocycles. The summed E-state index contributed by atoms with van der Waals surface area (Å²) >= 11 is 0. The second kappa shape index (κ2) is 16.4. The molecule has 1 N–H and O–H groups in total. The summed E-state index contributed by atoms with van der Waals surface area (Å²) < 4.78 is 28.8. The van der Waals surface area contributed by atoms with Crippen LogP contribution in [-0.4, -0.2) is 72.8 Å². The van der Waals surface area contributed by atoms with Crippen LogP contribution in [0.1, 0.15) is 68.6 Å². The van der Waals surface area contributed by atoms with E-state index in [-0.39, 0.29) is 17.9 Å². The molecule has 1 saturated carbocycles. The number of hydrogen-bond acceptors (Lipinski definition) is 7. The average Bonchev–Trinajstić information content (AvgIpc) is 3.02. The Labute approximate surface area is 258 Å². The summed E-state index contributed by atoms with van der Waals surface area (Å²) in [7, 11) is 5.16. The predicted octanol–water partition coefficient (Wildman–Crippen LogP) is 5.72. The highest BCUT2D eigenvalue weighted by atomic mass is 16.5. The summed E-state index contributed by atoms with van der Waals surface area (Å²) in [6.07, 6.45) is 4.98. The van der Waals surface area contributed by atoms with Crippen molar-refractivity contribution in [2.24, 2.45) is 11.3 Å². The van der Waals surface area contributed by atoms with Crippen molar-refractivity contribution in [1.82, 2.24) is 5.32 Å². The number of nitrogens with one attached hydrogen (secondary N) is 1. The Hall–Kier alpha value is -2.65. The molecule has 3 atom stereocenters. The van der Waals surface area contributed by atoms with Gasteiger partial charge in [0.2, 0.25) is 5.91 Å². The zero-order valence-electron chi connectivity index (χ0n) is 26.9. The molecule has 1 fully saturated rings. The SMILES string of the molecule is CNC(=O)C(C)(C)C[C@H]1CC[C@H](OCc2ccc3c(c2)N(CCCOC)CCO3)[C@@H](c2ccc(COCCOC)cc2)C1. The lowest BCUT2D eigenvalue weighted by molar-refractivity contribution is -0.130. The number of methoxy groups -OCH3 is 2. The number of amides is 1. The first kappa shape index (κ1) is 33.2. The minimum absolute atomic E-state index is 0.105. The molecule has 1 amide bonds.